The van der Waals surface area contributed by atoms with Crippen LogP contribution >= 0.6 is 0 Å². The lowest BCUT2D eigenvalue weighted by atomic mass is 9.91. The van der Waals surface area contributed by atoms with E-state index in [1.807, 2.05) is 0 Å². The maximum absolute atomic E-state index is 11.1. The van der Waals surface area contributed by atoms with E-state index in [-0.39, 0.29) is 11.6 Å². The highest BCUT2D eigenvalue weighted by Crippen LogP contribution is 2.35. The van der Waals surface area contributed by atoms with Gasteiger partial charge in [-0.1, -0.05) is 20.3 Å². The lowest BCUT2D eigenvalue weighted by Gasteiger charge is -2.35. The summed E-state index contributed by atoms with van der Waals surface area (Å²) in [5.74, 6) is 1.20. The van der Waals surface area contributed by atoms with Crippen LogP contribution in [-0.2, 0) is 4.79 Å². The maximum atomic E-state index is 11.1. The summed E-state index contributed by atoms with van der Waals surface area (Å²) in [4.78, 5) is 13.4. The Hall–Kier alpha value is -0.370. The summed E-state index contributed by atoms with van der Waals surface area (Å²) in [5, 5.41) is 0. The quantitative estimate of drug-likeness (QED) is 0.633. The van der Waals surface area contributed by atoms with Crippen molar-refractivity contribution in [1.82, 2.24) is 4.90 Å². The Morgan fingerprint density at radius 3 is 2.29 bits per heavy atom. The van der Waals surface area contributed by atoms with Crippen molar-refractivity contribution < 1.29 is 4.79 Å². The number of carbonyl (C=O) groups is 1. The molecular weight excluding hydrogens is 174 g/mol. The molecule has 2 heteroatoms. The lowest BCUT2D eigenvalue weighted by molar-refractivity contribution is -0.114. The third-order valence-corrected chi connectivity index (χ3v) is 3.60. The summed E-state index contributed by atoms with van der Waals surface area (Å²) in [6.45, 7) is 12.1. The van der Waals surface area contributed by atoms with Crippen LogP contribution in [0, 0.1) is 11.8 Å². The summed E-state index contributed by atoms with van der Waals surface area (Å²) in [6.07, 6.45) is 2.31. The van der Waals surface area contributed by atoms with Crippen molar-refractivity contribution in [2.24, 2.45) is 11.8 Å². The average Bonchev–Trinajstić information content (AvgIpc) is 2.41. The number of likely N-dealkylation sites (tertiary alicyclic amines) is 1. The zero-order chi connectivity index (χ0) is 10.9. The molecule has 14 heavy (non-hydrogen) atoms. The maximum Gasteiger partial charge on any atom is 0.137 e. The van der Waals surface area contributed by atoms with Crippen molar-refractivity contribution in [1.29, 1.82) is 0 Å². The fourth-order valence-corrected chi connectivity index (χ4v) is 2.52. The van der Waals surface area contributed by atoms with Gasteiger partial charge in [0.05, 0.1) is 6.04 Å². The minimum Gasteiger partial charge on any atom is -0.302 e. The summed E-state index contributed by atoms with van der Waals surface area (Å²) >= 11 is 0. The predicted octanol–water partition coefficient (Wildman–Crippen LogP) is 2.33. The highest BCUT2D eigenvalue weighted by Gasteiger charge is 2.42. The minimum absolute atomic E-state index is 0.115. The Balaban J connectivity index is 2.83. The Kier molecular flexibility index (Phi) is 3.36. The zero-order valence-electron chi connectivity index (χ0n) is 10.1. The van der Waals surface area contributed by atoms with E-state index < -0.39 is 0 Å². The van der Waals surface area contributed by atoms with Gasteiger partial charge in [-0.2, -0.15) is 0 Å². The molecule has 3 atom stereocenters. The molecule has 0 aromatic rings. The topological polar surface area (TPSA) is 20.3 Å². The van der Waals surface area contributed by atoms with Gasteiger partial charge in [0.2, 0.25) is 0 Å². The van der Waals surface area contributed by atoms with Crippen LogP contribution in [0.3, 0.4) is 0 Å². The number of nitrogens with zero attached hydrogens (tertiary/aromatic N) is 1. The van der Waals surface area contributed by atoms with E-state index in [0.717, 1.165) is 12.8 Å². The van der Waals surface area contributed by atoms with E-state index >= 15 is 0 Å². The van der Waals surface area contributed by atoms with Gasteiger partial charge in [-0.3, -0.25) is 4.90 Å². The molecule has 0 N–H and O–H groups in total. The first-order valence-electron chi connectivity index (χ1n) is 5.63. The molecule has 0 aromatic carbocycles. The average molecular weight is 197 g/mol. The Labute approximate surface area is 87.7 Å². The molecule has 1 rings (SSSR count). The van der Waals surface area contributed by atoms with Crippen molar-refractivity contribution in [3.63, 3.8) is 0 Å². The van der Waals surface area contributed by atoms with Crippen LogP contribution in [-0.4, -0.2) is 29.3 Å². The summed E-state index contributed by atoms with van der Waals surface area (Å²) in [7, 11) is 0. The Morgan fingerprint density at radius 2 is 2.00 bits per heavy atom. The van der Waals surface area contributed by atoms with E-state index in [0.29, 0.717) is 11.8 Å². The molecule has 0 amide bonds. The number of hydrogen-bond acceptors (Lipinski definition) is 2. The number of carbonyl (C=O) groups excluding carboxylic acids is 1. The van der Waals surface area contributed by atoms with Gasteiger partial charge in [-0.15, -0.1) is 0 Å². The van der Waals surface area contributed by atoms with Crippen molar-refractivity contribution in [2.45, 2.75) is 52.6 Å². The van der Waals surface area contributed by atoms with Gasteiger partial charge in [-0.05, 0) is 32.6 Å². The number of aldehydes is 1. The SMILES string of the molecule is CCC1CN(C(C)(C)C)C(C=O)C1C. The van der Waals surface area contributed by atoms with Gasteiger partial charge in [0.1, 0.15) is 6.29 Å². The van der Waals surface area contributed by atoms with Gasteiger partial charge in [0.25, 0.3) is 0 Å². The molecule has 0 spiro atoms. The fourth-order valence-electron chi connectivity index (χ4n) is 2.52. The van der Waals surface area contributed by atoms with Crippen LogP contribution in [0.4, 0.5) is 0 Å². The van der Waals surface area contributed by atoms with Gasteiger partial charge in [0, 0.05) is 12.1 Å². The smallest absolute Gasteiger partial charge is 0.137 e. The first-order chi connectivity index (χ1) is 6.41. The number of rotatable bonds is 2. The Bertz CT molecular complexity index is 207. The molecule has 1 aliphatic heterocycles. The molecule has 0 aliphatic carbocycles. The fraction of sp³-hybridized carbons (Fsp3) is 0.917. The second-order valence-electron chi connectivity index (χ2n) is 5.48. The van der Waals surface area contributed by atoms with Crippen LogP contribution < -0.4 is 0 Å². The second kappa shape index (κ2) is 4.01. The molecule has 82 valence electrons. The van der Waals surface area contributed by atoms with Gasteiger partial charge >= 0.3 is 0 Å². The summed E-state index contributed by atoms with van der Waals surface area (Å²) < 4.78 is 0. The van der Waals surface area contributed by atoms with E-state index in [4.69, 9.17) is 0 Å². The molecule has 1 aliphatic rings. The molecular formula is C12H23NO. The van der Waals surface area contributed by atoms with Crippen molar-refractivity contribution in [2.75, 3.05) is 6.54 Å². The standard InChI is InChI=1S/C12H23NO/c1-6-10-7-13(12(3,4)5)11(8-14)9(10)2/h8-11H,6-7H2,1-5H3. The van der Waals surface area contributed by atoms with E-state index in [1.54, 1.807) is 0 Å². The molecule has 3 unspecified atom stereocenters. The summed E-state index contributed by atoms with van der Waals surface area (Å²) in [5.41, 5.74) is 0.115. The van der Waals surface area contributed by atoms with E-state index in [2.05, 4.69) is 39.5 Å². The highest BCUT2D eigenvalue weighted by atomic mass is 16.1. The molecule has 0 aromatic heterocycles. The van der Waals surface area contributed by atoms with Crippen molar-refractivity contribution in [3.8, 4) is 0 Å². The molecule has 1 heterocycles. The van der Waals surface area contributed by atoms with Crippen molar-refractivity contribution in [3.05, 3.63) is 0 Å². The molecule has 0 bridgehead atoms. The van der Waals surface area contributed by atoms with Crippen LogP contribution in [0.1, 0.15) is 41.0 Å². The van der Waals surface area contributed by atoms with Crippen LogP contribution in [0.25, 0.3) is 0 Å². The molecule has 1 fully saturated rings. The van der Waals surface area contributed by atoms with Gasteiger partial charge < -0.3 is 4.79 Å². The first-order valence-corrected chi connectivity index (χ1v) is 5.63. The van der Waals surface area contributed by atoms with Crippen molar-refractivity contribution >= 4 is 6.29 Å². The largest absolute Gasteiger partial charge is 0.302 e. The lowest BCUT2D eigenvalue weighted by Crippen LogP contribution is -2.46. The highest BCUT2D eigenvalue weighted by molar-refractivity contribution is 5.59. The molecule has 0 saturated carbocycles. The molecule has 1 saturated heterocycles. The van der Waals surface area contributed by atoms with E-state index in [9.17, 15) is 4.79 Å². The van der Waals surface area contributed by atoms with Gasteiger partial charge in [-0.25, -0.2) is 0 Å². The third-order valence-electron chi connectivity index (χ3n) is 3.60. The number of hydrogen-bond donors (Lipinski definition) is 0. The molecule has 0 radical (unpaired) electrons. The van der Waals surface area contributed by atoms with Crippen LogP contribution in [0.5, 0.6) is 0 Å². The molecule has 2 nitrogen and oxygen atoms in total. The normalized spacial score (nSPS) is 34.8. The third kappa shape index (κ3) is 2.00. The summed E-state index contributed by atoms with van der Waals surface area (Å²) in [6, 6.07) is 0.125. The minimum atomic E-state index is 0.115. The Morgan fingerprint density at radius 1 is 1.43 bits per heavy atom. The van der Waals surface area contributed by atoms with Crippen LogP contribution in [0.15, 0.2) is 0 Å². The van der Waals surface area contributed by atoms with Crippen LogP contribution in [0.2, 0.25) is 0 Å². The monoisotopic (exact) mass is 197 g/mol. The predicted molar refractivity (Wildman–Crippen MR) is 59.3 cm³/mol. The van der Waals surface area contributed by atoms with Gasteiger partial charge in [0.15, 0.2) is 0 Å². The van der Waals surface area contributed by atoms with E-state index in [1.165, 1.54) is 6.42 Å². The second-order valence-corrected chi connectivity index (χ2v) is 5.48. The first kappa shape index (κ1) is 11.7. The zero-order valence-corrected chi connectivity index (χ0v) is 10.1.